The topological polar surface area (TPSA) is 67.3 Å². The summed E-state index contributed by atoms with van der Waals surface area (Å²) in [5.41, 5.74) is 3.35. The molecule has 26 heavy (non-hydrogen) atoms. The maximum Gasteiger partial charge on any atom is 0.338 e. The van der Waals surface area contributed by atoms with Gasteiger partial charge in [0, 0.05) is 17.7 Å². The third-order valence-corrected chi connectivity index (χ3v) is 4.31. The highest BCUT2D eigenvalue weighted by Crippen LogP contribution is 2.37. The lowest BCUT2D eigenvalue weighted by Crippen LogP contribution is -2.15. The number of aromatic carboxylic acids is 1. The van der Waals surface area contributed by atoms with Crippen LogP contribution >= 0.6 is 0 Å². The van der Waals surface area contributed by atoms with Gasteiger partial charge in [-0.1, -0.05) is 39.8 Å². The number of carboxylic acids is 1. The number of rotatable bonds is 7. The van der Waals surface area contributed by atoms with Gasteiger partial charge in [-0.05, 0) is 41.5 Å². The molecule has 1 N–H and O–H groups in total. The molecule has 0 radical (unpaired) electrons. The minimum atomic E-state index is -1.07. The number of carbonyl (C=O) groups is 2. The molecule has 0 saturated heterocycles. The first-order valence-corrected chi connectivity index (χ1v) is 8.77. The van der Waals surface area contributed by atoms with Gasteiger partial charge in [-0.15, -0.1) is 0 Å². The molecule has 0 aliphatic carbocycles. The van der Waals surface area contributed by atoms with Gasteiger partial charge in [0.1, 0.15) is 12.1 Å². The van der Waals surface area contributed by atoms with E-state index in [1.54, 1.807) is 12.1 Å². The van der Waals surface area contributed by atoms with E-state index in [0.717, 1.165) is 17.5 Å². The summed E-state index contributed by atoms with van der Waals surface area (Å²) in [7, 11) is 0. The first-order valence-electron chi connectivity index (χ1n) is 8.77. The fourth-order valence-corrected chi connectivity index (χ4v) is 3.16. The van der Waals surface area contributed by atoms with Crippen LogP contribution in [0.2, 0.25) is 0 Å². The van der Waals surface area contributed by atoms with Crippen molar-refractivity contribution < 1.29 is 19.1 Å². The van der Waals surface area contributed by atoms with Gasteiger partial charge >= 0.3 is 5.97 Å². The lowest BCUT2D eigenvalue weighted by molar-refractivity contribution is -0.107. The Bertz CT molecular complexity index is 811. The minimum Gasteiger partial charge on any atom is -0.478 e. The van der Waals surface area contributed by atoms with Crippen LogP contribution in [0.3, 0.4) is 0 Å². The number of aldehydes is 1. The van der Waals surface area contributed by atoms with Crippen LogP contribution in [-0.2, 0) is 11.2 Å². The number of carboxylic acid groups (broad SMARTS) is 1. The maximum atomic E-state index is 13.4. The number of nitrogens with zero attached hydrogens (tertiary/aromatic N) is 1. The Morgan fingerprint density at radius 2 is 1.69 bits per heavy atom. The monoisotopic (exact) mass is 357 g/mol. The van der Waals surface area contributed by atoms with Gasteiger partial charge in [0.05, 0.1) is 11.3 Å². The molecule has 5 heteroatoms. The van der Waals surface area contributed by atoms with Crippen molar-refractivity contribution in [1.82, 2.24) is 4.98 Å². The van der Waals surface area contributed by atoms with E-state index in [9.17, 15) is 19.1 Å². The molecule has 0 amide bonds. The number of pyridine rings is 1. The highest BCUT2D eigenvalue weighted by atomic mass is 19.1. The molecule has 1 heterocycles. The Morgan fingerprint density at radius 3 is 2.15 bits per heavy atom. The number of carbonyl (C=O) groups excluding carboxylic acids is 1. The summed E-state index contributed by atoms with van der Waals surface area (Å²) in [6.07, 6.45) is 1.49. The van der Waals surface area contributed by atoms with E-state index in [-0.39, 0.29) is 29.6 Å². The molecule has 1 aromatic carbocycles. The number of hydrogen-bond donors (Lipinski definition) is 1. The summed E-state index contributed by atoms with van der Waals surface area (Å²) in [6, 6.07) is 5.79. The van der Waals surface area contributed by atoms with Crippen molar-refractivity contribution in [3.8, 4) is 11.1 Å². The molecule has 0 unspecified atom stereocenters. The van der Waals surface area contributed by atoms with Gasteiger partial charge in [-0.25, -0.2) is 9.18 Å². The van der Waals surface area contributed by atoms with E-state index in [1.807, 2.05) is 27.7 Å². The molecule has 0 aliphatic heterocycles. The minimum absolute atomic E-state index is 0.0659. The number of aromatic nitrogens is 1. The first-order chi connectivity index (χ1) is 12.3. The second kappa shape index (κ2) is 8.21. The maximum absolute atomic E-state index is 13.4. The van der Waals surface area contributed by atoms with Crippen molar-refractivity contribution in [3.63, 3.8) is 0 Å². The third-order valence-electron chi connectivity index (χ3n) is 4.31. The lowest BCUT2D eigenvalue weighted by atomic mass is 9.85. The van der Waals surface area contributed by atoms with E-state index in [1.165, 1.54) is 12.1 Å². The van der Waals surface area contributed by atoms with Crippen LogP contribution in [0.15, 0.2) is 24.3 Å². The fraction of sp³-hybridized carbons (Fsp3) is 0.381. The average Bonchev–Trinajstić information content (AvgIpc) is 2.58. The number of benzene rings is 1. The standard InChI is InChI=1S/C21H24FNO3/c1-12(2)19-16(6-5-11-24)17(14-7-9-15(22)10-8-14)18(21(25)26)20(23-19)13(3)4/h7-13H,5-6H2,1-4H3,(H,25,26). The zero-order valence-corrected chi connectivity index (χ0v) is 15.5. The molecule has 0 bridgehead atoms. The van der Waals surface area contributed by atoms with E-state index in [4.69, 9.17) is 0 Å². The Labute approximate surface area is 153 Å². The van der Waals surface area contributed by atoms with Crippen molar-refractivity contribution in [3.05, 3.63) is 52.6 Å². The third kappa shape index (κ3) is 3.98. The average molecular weight is 357 g/mol. The molecule has 0 fully saturated rings. The van der Waals surface area contributed by atoms with Crippen LogP contribution in [0.1, 0.15) is 73.3 Å². The molecule has 0 spiro atoms. The van der Waals surface area contributed by atoms with Crippen LogP contribution in [0.4, 0.5) is 4.39 Å². The first kappa shape index (κ1) is 19.8. The van der Waals surface area contributed by atoms with Gasteiger partial charge in [0.25, 0.3) is 0 Å². The van der Waals surface area contributed by atoms with Crippen molar-refractivity contribution in [2.45, 2.75) is 52.4 Å². The summed E-state index contributed by atoms with van der Waals surface area (Å²) in [5, 5.41) is 9.91. The van der Waals surface area contributed by atoms with E-state index in [0.29, 0.717) is 23.2 Å². The second-order valence-corrected chi connectivity index (χ2v) is 6.94. The normalized spacial score (nSPS) is 11.2. The molecule has 4 nitrogen and oxygen atoms in total. The van der Waals surface area contributed by atoms with Crippen molar-refractivity contribution in [2.24, 2.45) is 0 Å². The molecule has 0 atom stereocenters. The number of hydrogen-bond acceptors (Lipinski definition) is 3. The predicted molar refractivity (Wildman–Crippen MR) is 99.2 cm³/mol. The molecule has 0 aliphatic rings. The lowest BCUT2D eigenvalue weighted by Gasteiger charge is -2.23. The summed E-state index contributed by atoms with van der Waals surface area (Å²) in [5.74, 6) is -1.47. The SMILES string of the molecule is CC(C)c1nc(C(C)C)c(C(=O)O)c(-c2ccc(F)cc2)c1CCC=O. The predicted octanol–water partition coefficient (Wildman–Crippen LogP) is 4.96. The molecular weight excluding hydrogens is 333 g/mol. The van der Waals surface area contributed by atoms with E-state index in [2.05, 4.69) is 4.98 Å². The van der Waals surface area contributed by atoms with Crippen LogP contribution < -0.4 is 0 Å². The smallest absolute Gasteiger partial charge is 0.338 e. The second-order valence-electron chi connectivity index (χ2n) is 6.94. The van der Waals surface area contributed by atoms with E-state index >= 15 is 0 Å². The van der Waals surface area contributed by atoms with Crippen molar-refractivity contribution in [1.29, 1.82) is 0 Å². The quantitative estimate of drug-likeness (QED) is 0.711. The zero-order chi connectivity index (χ0) is 19.4. The van der Waals surface area contributed by atoms with Gasteiger partial charge in [0.2, 0.25) is 0 Å². The Morgan fingerprint density at radius 1 is 1.12 bits per heavy atom. The van der Waals surface area contributed by atoms with Crippen LogP contribution in [-0.4, -0.2) is 22.3 Å². The Kier molecular flexibility index (Phi) is 6.24. The molecule has 138 valence electrons. The van der Waals surface area contributed by atoms with Crippen molar-refractivity contribution >= 4 is 12.3 Å². The van der Waals surface area contributed by atoms with Crippen LogP contribution in [0.5, 0.6) is 0 Å². The van der Waals surface area contributed by atoms with Crippen molar-refractivity contribution in [2.75, 3.05) is 0 Å². The molecule has 2 aromatic rings. The highest BCUT2D eigenvalue weighted by molar-refractivity contribution is 5.98. The Balaban J connectivity index is 2.94. The van der Waals surface area contributed by atoms with Gasteiger partial charge in [-0.3, -0.25) is 4.98 Å². The molecule has 0 saturated carbocycles. The summed E-state index contributed by atoms with van der Waals surface area (Å²) < 4.78 is 13.4. The van der Waals surface area contributed by atoms with Crippen LogP contribution in [0.25, 0.3) is 11.1 Å². The van der Waals surface area contributed by atoms with Gasteiger partial charge in [0.15, 0.2) is 0 Å². The van der Waals surface area contributed by atoms with E-state index < -0.39 is 5.97 Å². The fourth-order valence-electron chi connectivity index (χ4n) is 3.16. The van der Waals surface area contributed by atoms with Crippen LogP contribution in [0, 0.1) is 5.82 Å². The number of halogens is 1. The Hall–Kier alpha value is -2.56. The molecule has 2 rings (SSSR count). The summed E-state index contributed by atoms with van der Waals surface area (Å²) in [4.78, 5) is 27.7. The van der Waals surface area contributed by atoms with Gasteiger partial charge in [-0.2, -0.15) is 0 Å². The zero-order valence-electron chi connectivity index (χ0n) is 15.5. The summed E-state index contributed by atoms with van der Waals surface area (Å²) in [6.45, 7) is 7.79. The largest absolute Gasteiger partial charge is 0.478 e. The van der Waals surface area contributed by atoms with Gasteiger partial charge < -0.3 is 9.90 Å². The molecular formula is C21H24FNO3. The highest BCUT2D eigenvalue weighted by Gasteiger charge is 2.27. The molecule has 1 aromatic heterocycles. The summed E-state index contributed by atoms with van der Waals surface area (Å²) >= 11 is 0.